The Kier molecular flexibility index (Phi) is 7.19. The average molecular weight is 479 g/mol. The normalized spacial score (nSPS) is 22.4. The second-order valence-electron chi connectivity index (χ2n) is 9.40. The number of carbonyl (C=O) groups is 2. The Balaban J connectivity index is 1.24. The van der Waals surface area contributed by atoms with Crippen molar-refractivity contribution in [2.24, 2.45) is 11.8 Å². The number of hydrogen-bond donors (Lipinski definition) is 2. The monoisotopic (exact) mass is 478 g/mol. The van der Waals surface area contributed by atoms with Crippen molar-refractivity contribution in [3.05, 3.63) is 41.7 Å². The number of rotatable bonds is 12. The van der Waals surface area contributed by atoms with Gasteiger partial charge in [0.15, 0.2) is 11.6 Å². The summed E-state index contributed by atoms with van der Waals surface area (Å²) in [6.07, 6.45) is 9.81. The number of halogens is 1. The number of nitrogens with one attached hydrogen (secondary N) is 2. The van der Waals surface area contributed by atoms with E-state index in [0.29, 0.717) is 57.5 Å². The van der Waals surface area contributed by atoms with Crippen LogP contribution in [0.15, 0.2) is 30.4 Å². The van der Waals surface area contributed by atoms with Gasteiger partial charge in [0.25, 0.3) is 0 Å². The number of hydrogen-bond acceptors (Lipinski definition) is 5. The van der Waals surface area contributed by atoms with Crippen molar-refractivity contribution in [2.75, 3.05) is 12.4 Å². The molecule has 1 atom stereocenters. The first-order chi connectivity index (χ1) is 15.8. The first-order valence-corrected chi connectivity index (χ1v) is 13.3. The number of imide groups is 1. The van der Waals surface area contributed by atoms with E-state index in [0.717, 1.165) is 18.4 Å². The molecule has 1 heterocycles. The second kappa shape index (κ2) is 9.93. The molecule has 1 aromatic carbocycles. The Bertz CT molecular complexity index is 1030. The Morgan fingerprint density at radius 3 is 2.67 bits per heavy atom. The minimum absolute atomic E-state index is 0.0102. The van der Waals surface area contributed by atoms with Crippen LogP contribution in [-0.2, 0) is 25.2 Å². The van der Waals surface area contributed by atoms with Crippen LogP contribution in [0.5, 0.6) is 5.75 Å². The molecule has 33 heavy (non-hydrogen) atoms. The first kappa shape index (κ1) is 23.9. The zero-order chi connectivity index (χ0) is 23.5. The molecule has 1 saturated heterocycles. The van der Waals surface area contributed by atoms with E-state index < -0.39 is 21.4 Å². The van der Waals surface area contributed by atoms with Crippen LogP contribution in [0.25, 0.3) is 0 Å². The third-order valence-electron chi connectivity index (χ3n) is 6.48. The Morgan fingerprint density at radius 1 is 1.18 bits per heavy atom. The summed E-state index contributed by atoms with van der Waals surface area (Å²) in [4.78, 5) is 22.9. The number of sulfonamides is 1. The average Bonchev–Trinajstić information content (AvgIpc) is 3.68. The SMILES string of the molecule is O=C1CCC(CC=CCCCS(=O)(=O)NC2(c3ccc(F)c(OCC4CC4)c3)CC2)C(=O)N1. The molecule has 2 amide bonds. The highest BCUT2D eigenvalue weighted by atomic mass is 32.2. The minimum atomic E-state index is -3.51. The fraction of sp³-hybridized carbons (Fsp3) is 0.583. The molecule has 0 radical (unpaired) electrons. The molecule has 3 aliphatic rings. The van der Waals surface area contributed by atoms with Gasteiger partial charge in [-0.1, -0.05) is 18.2 Å². The fourth-order valence-corrected chi connectivity index (χ4v) is 5.63. The lowest BCUT2D eigenvalue weighted by Gasteiger charge is -2.19. The summed E-state index contributed by atoms with van der Waals surface area (Å²) in [5.41, 5.74) is 0.0636. The molecule has 0 spiro atoms. The number of carbonyl (C=O) groups excluding carboxylic acids is 2. The molecule has 2 aliphatic carbocycles. The molecule has 2 N–H and O–H groups in total. The summed E-state index contributed by atoms with van der Waals surface area (Å²) in [5.74, 6) is -0.419. The van der Waals surface area contributed by atoms with Gasteiger partial charge in [-0.25, -0.2) is 17.5 Å². The predicted octanol–water partition coefficient (Wildman–Crippen LogP) is 3.30. The second-order valence-corrected chi connectivity index (χ2v) is 11.2. The summed E-state index contributed by atoms with van der Waals surface area (Å²) in [6.45, 7) is 0.496. The molecule has 7 nitrogen and oxygen atoms in total. The van der Waals surface area contributed by atoms with Crippen LogP contribution in [0, 0.1) is 17.7 Å². The van der Waals surface area contributed by atoms with Crippen LogP contribution in [0.4, 0.5) is 4.39 Å². The topological polar surface area (TPSA) is 102 Å². The molecule has 1 aliphatic heterocycles. The van der Waals surface area contributed by atoms with E-state index in [4.69, 9.17) is 4.74 Å². The van der Waals surface area contributed by atoms with Crippen LogP contribution in [0.2, 0.25) is 0 Å². The van der Waals surface area contributed by atoms with Crippen LogP contribution in [0.1, 0.15) is 63.4 Å². The Labute approximate surface area is 194 Å². The largest absolute Gasteiger partial charge is 0.490 e. The molecule has 0 bridgehead atoms. The van der Waals surface area contributed by atoms with Crippen molar-refractivity contribution in [3.8, 4) is 5.75 Å². The third-order valence-corrected chi connectivity index (χ3v) is 8.01. The zero-order valence-corrected chi connectivity index (χ0v) is 19.5. The summed E-state index contributed by atoms with van der Waals surface area (Å²) in [6, 6.07) is 4.61. The maximum absolute atomic E-state index is 14.1. The van der Waals surface area contributed by atoms with Crippen LogP contribution < -0.4 is 14.8 Å². The smallest absolute Gasteiger partial charge is 0.229 e. The minimum Gasteiger partial charge on any atom is -0.490 e. The van der Waals surface area contributed by atoms with Gasteiger partial charge in [0, 0.05) is 12.3 Å². The van der Waals surface area contributed by atoms with E-state index >= 15 is 0 Å². The van der Waals surface area contributed by atoms with Gasteiger partial charge in [0.05, 0.1) is 17.9 Å². The van der Waals surface area contributed by atoms with Gasteiger partial charge in [-0.2, -0.15) is 0 Å². The van der Waals surface area contributed by atoms with Crippen molar-refractivity contribution in [1.29, 1.82) is 0 Å². The van der Waals surface area contributed by atoms with Gasteiger partial charge in [-0.3, -0.25) is 14.9 Å². The van der Waals surface area contributed by atoms with Crippen molar-refractivity contribution in [1.82, 2.24) is 10.0 Å². The molecule has 1 aromatic rings. The van der Waals surface area contributed by atoms with E-state index in [1.807, 2.05) is 12.2 Å². The van der Waals surface area contributed by atoms with Gasteiger partial charge in [-0.15, -0.1) is 0 Å². The summed E-state index contributed by atoms with van der Waals surface area (Å²) in [5, 5.41) is 2.34. The number of ether oxygens (including phenoxy) is 1. The van der Waals surface area contributed by atoms with Gasteiger partial charge < -0.3 is 4.74 Å². The van der Waals surface area contributed by atoms with Gasteiger partial charge in [0.2, 0.25) is 21.8 Å². The molecule has 180 valence electrons. The van der Waals surface area contributed by atoms with Crippen molar-refractivity contribution in [2.45, 2.75) is 63.3 Å². The molecular weight excluding hydrogens is 447 g/mol. The molecule has 0 aromatic heterocycles. The van der Waals surface area contributed by atoms with Crippen molar-refractivity contribution < 1.29 is 27.1 Å². The molecule has 3 fully saturated rings. The number of piperidine rings is 1. The first-order valence-electron chi connectivity index (χ1n) is 11.7. The lowest BCUT2D eigenvalue weighted by Crippen LogP contribution is -2.40. The maximum Gasteiger partial charge on any atom is 0.229 e. The number of amides is 2. The van der Waals surface area contributed by atoms with E-state index in [1.165, 1.54) is 6.07 Å². The number of unbranched alkanes of at least 4 members (excludes halogenated alkanes) is 1. The fourth-order valence-electron chi connectivity index (χ4n) is 4.06. The summed E-state index contributed by atoms with van der Waals surface area (Å²) in [7, 11) is -3.51. The van der Waals surface area contributed by atoms with E-state index in [-0.39, 0.29) is 29.2 Å². The quantitative estimate of drug-likeness (QED) is 0.273. The maximum atomic E-state index is 14.1. The van der Waals surface area contributed by atoms with E-state index in [2.05, 4.69) is 10.0 Å². The summed E-state index contributed by atoms with van der Waals surface area (Å²) >= 11 is 0. The molecular formula is C24H31FN2O5S. The lowest BCUT2D eigenvalue weighted by molar-refractivity contribution is -0.136. The van der Waals surface area contributed by atoms with E-state index in [9.17, 15) is 22.4 Å². The van der Waals surface area contributed by atoms with Crippen LogP contribution in [-0.4, -0.2) is 32.6 Å². The van der Waals surface area contributed by atoms with Crippen LogP contribution >= 0.6 is 0 Å². The highest BCUT2D eigenvalue weighted by molar-refractivity contribution is 7.89. The highest BCUT2D eigenvalue weighted by Gasteiger charge is 2.47. The van der Waals surface area contributed by atoms with E-state index in [1.54, 1.807) is 12.1 Å². The Hall–Kier alpha value is -2.26. The van der Waals surface area contributed by atoms with Gasteiger partial charge >= 0.3 is 0 Å². The predicted molar refractivity (Wildman–Crippen MR) is 121 cm³/mol. The molecule has 1 unspecified atom stereocenters. The van der Waals surface area contributed by atoms with Crippen molar-refractivity contribution in [3.63, 3.8) is 0 Å². The molecule has 2 saturated carbocycles. The van der Waals surface area contributed by atoms with Gasteiger partial charge in [0.1, 0.15) is 0 Å². The zero-order valence-electron chi connectivity index (χ0n) is 18.6. The standard InChI is InChI=1S/C24H31FN2O5S/c25-20-10-9-19(15-21(20)32-16-17-6-7-17)24(12-13-24)27-33(30,31)14-4-2-1-3-5-18-8-11-22(28)26-23(18)29/h1,3,9-10,15,17-18,27H,2,4-8,11-14,16H2,(H,26,28,29). The lowest BCUT2D eigenvalue weighted by atomic mass is 9.94. The van der Waals surface area contributed by atoms with Crippen LogP contribution in [0.3, 0.4) is 0 Å². The number of allylic oxidation sites excluding steroid dienone is 2. The van der Waals surface area contributed by atoms with Crippen molar-refractivity contribution >= 4 is 21.8 Å². The molecule has 9 heteroatoms. The van der Waals surface area contributed by atoms with Gasteiger partial charge in [-0.05, 0) is 75.0 Å². The Morgan fingerprint density at radius 2 is 1.97 bits per heavy atom. The highest BCUT2D eigenvalue weighted by Crippen LogP contribution is 2.47. The third kappa shape index (κ3) is 6.63. The number of benzene rings is 1. The summed E-state index contributed by atoms with van der Waals surface area (Å²) < 4.78 is 47.9. The molecule has 4 rings (SSSR count).